The number of unbranched alkanes of at least 4 members (excludes halogenated alkanes) is 4. The Balaban J connectivity index is 3.43. The molecule has 78 valence electrons. The van der Waals surface area contributed by atoms with Crippen LogP contribution in [0.15, 0.2) is 12.2 Å². The zero-order chi connectivity index (χ0) is 10.8. The third kappa shape index (κ3) is 7.35. The Morgan fingerprint density at radius 1 is 1.36 bits per heavy atom. The molecule has 3 heteroatoms. The lowest BCUT2D eigenvalue weighted by Crippen LogP contribution is -1.95. The molecule has 0 unspecified atom stereocenters. The van der Waals surface area contributed by atoms with E-state index in [1.165, 1.54) is 19.3 Å². The van der Waals surface area contributed by atoms with Crippen molar-refractivity contribution in [3.63, 3.8) is 0 Å². The fourth-order valence-electron chi connectivity index (χ4n) is 0.994. The van der Waals surface area contributed by atoms with Crippen molar-refractivity contribution in [1.29, 1.82) is 0 Å². The lowest BCUT2D eigenvalue weighted by molar-refractivity contribution is -0.132. The van der Waals surface area contributed by atoms with Gasteiger partial charge in [0.1, 0.15) is 0 Å². The molecule has 0 spiro atoms. The van der Waals surface area contributed by atoms with Crippen LogP contribution in [0.5, 0.6) is 0 Å². The first-order valence-corrected chi connectivity index (χ1v) is 5.03. The van der Waals surface area contributed by atoms with E-state index in [0.717, 1.165) is 12.8 Å². The summed E-state index contributed by atoms with van der Waals surface area (Å²) < 4.78 is 0. The molecule has 0 saturated heterocycles. The van der Waals surface area contributed by atoms with Gasteiger partial charge < -0.3 is 5.11 Å². The Kier molecular flexibility index (Phi) is 7.53. The number of hydrogen-bond acceptors (Lipinski definition) is 1. The molecule has 3 nitrogen and oxygen atoms in total. The number of carboxylic acid groups (broad SMARTS) is 1. The van der Waals surface area contributed by atoms with Crippen LogP contribution in [-0.4, -0.2) is 17.6 Å². The maximum Gasteiger partial charge on any atom is 0.350 e. The van der Waals surface area contributed by atoms with E-state index in [9.17, 15) is 4.79 Å². The van der Waals surface area contributed by atoms with Crippen molar-refractivity contribution in [2.24, 2.45) is 0 Å². The molecule has 0 fully saturated rings. The van der Waals surface area contributed by atoms with Crippen molar-refractivity contribution in [1.82, 2.24) is 0 Å². The first-order valence-electron chi connectivity index (χ1n) is 5.03. The number of hydrogen-bond donors (Lipinski definition) is 1. The van der Waals surface area contributed by atoms with E-state index in [4.69, 9.17) is 5.11 Å². The summed E-state index contributed by atoms with van der Waals surface area (Å²) in [5, 5.41) is 8.43. The van der Waals surface area contributed by atoms with Gasteiger partial charge in [-0.05, 0) is 6.42 Å². The quantitative estimate of drug-likeness (QED) is 0.403. The molecule has 0 aromatic carbocycles. The molecule has 0 aliphatic heterocycles. The highest BCUT2D eigenvalue weighted by Crippen LogP contribution is 2.02. The summed E-state index contributed by atoms with van der Waals surface area (Å²) in [6.07, 6.45) is 5.87. The predicted octanol–water partition coefficient (Wildman–Crippen LogP) is 2.93. The summed E-state index contributed by atoms with van der Waals surface area (Å²) in [5.41, 5.74) is -0.0708. The van der Waals surface area contributed by atoms with E-state index in [-0.39, 0.29) is 5.57 Å². The smallest absolute Gasteiger partial charge is 0.350 e. The van der Waals surface area contributed by atoms with Crippen molar-refractivity contribution in [2.45, 2.75) is 39.0 Å². The minimum absolute atomic E-state index is 0.0708. The maximum absolute atomic E-state index is 10.3. The minimum Gasteiger partial charge on any atom is -0.477 e. The first-order chi connectivity index (χ1) is 6.68. The van der Waals surface area contributed by atoms with Crippen LogP contribution < -0.4 is 0 Å². The highest BCUT2D eigenvalue weighted by molar-refractivity contribution is 5.90. The van der Waals surface area contributed by atoms with Crippen molar-refractivity contribution in [2.75, 3.05) is 6.54 Å². The van der Waals surface area contributed by atoms with Crippen LogP contribution in [0.4, 0.5) is 0 Å². The van der Waals surface area contributed by atoms with Gasteiger partial charge in [0, 0.05) is 6.42 Å². The highest BCUT2D eigenvalue weighted by atomic mass is 16.4. The van der Waals surface area contributed by atoms with Gasteiger partial charge in [-0.2, -0.15) is 0 Å². The van der Waals surface area contributed by atoms with Gasteiger partial charge in [-0.3, -0.25) is 0 Å². The first kappa shape index (κ1) is 12.7. The molecule has 0 aliphatic carbocycles. The largest absolute Gasteiger partial charge is 0.477 e. The second-order valence-electron chi connectivity index (χ2n) is 3.19. The standard InChI is InChI=1S/C11H17NO2/c1-3-4-5-6-7-8-12-9-10(2)11(13)14/h2-8H2,1H3/p+1. The number of aliphatic carboxylic acids is 1. The summed E-state index contributed by atoms with van der Waals surface area (Å²) in [7, 11) is 0. The molecule has 0 atom stereocenters. The van der Waals surface area contributed by atoms with Gasteiger partial charge in [0.05, 0.1) is 0 Å². The van der Waals surface area contributed by atoms with E-state index in [1.807, 2.05) is 0 Å². The van der Waals surface area contributed by atoms with Crippen LogP contribution in [0.1, 0.15) is 39.0 Å². The van der Waals surface area contributed by atoms with Crippen LogP contribution in [0.2, 0.25) is 0 Å². The average Bonchev–Trinajstić information content (AvgIpc) is 2.16. The number of nitrogens with zero attached hydrogens (tertiary/aromatic N) is 1. The summed E-state index contributed by atoms with van der Waals surface area (Å²) in [6, 6.07) is 2.40. The van der Waals surface area contributed by atoms with Crippen molar-refractivity contribution in [3.05, 3.63) is 17.0 Å². The van der Waals surface area contributed by atoms with Crippen LogP contribution in [0.3, 0.4) is 0 Å². The van der Waals surface area contributed by atoms with Crippen molar-refractivity contribution < 1.29 is 9.90 Å². The zero-order valence-electron chi connectivity index (χ0n) is 8.75. The Morgan fingerprint density at radius 2 is 2.00 bits per heavy atom. The van der Waals surface area contributed by atoms with Crippen LogP contribution in [-0.2, 0) is 4.79 Å². The molecule has 0 rings (SSSR count). The molecule has 0 heterocycles. The third-order valence-electron chi connectivity index (χ3n) is 1.85. The van der Waals surface area contributed by atoms with E-state index >= 15 is 0 Å². The van der Waals surface area contributed by atoms with Crippen molar-refractivity contribution >= 4 is 5.97 Å². The molecule has 0 saturated carbocycles. The summed E-state index contributed by atoms with van der Waals surface area (Å²) >= 11 is 0. The second kappa shape index (κ2) is 8.31. The summed E-state index contributed by atoms with van der Waals surface area (Å²) in [6.45, 7) is 6.12. The van der Waals surface area contributed by atoms with Gasteiger partial charge in [0.15, 0.2) is 5.57 Å². The Morgan fingerprint density at radius 3 is 2.57 bits per heavy atom. The molecule has 0 bridgehead atoms. The fourth-order valence-corrected chi connectivity index (χ4v) is 0.994. The highest BCUT2D eigenvalue weighted by Gasteiger charge is 2.05. The monoisotopic (exact) mass is 196 g/mol. The van der Waals surface area contributed by atoms with Gasteiger partial charge in [-0.15, -0.1) is 0 Å². The van der Waals surface area contributed by atoms with E-state index in [0.29, 0.717) is 6.54 Å². The number of carboxylic acids is 1. The Bertz CT molecular complexity index is 248. The SMILES string of the molecule is C=C(C#[N+]CCCCCCC)C(=O)O. The summed E-state index contributed by atoms with van der Waals surface area (Å²) in [4.78, 5) is 14.1. The van der Waals surface area contributed by atoms with Gasteiger partial charge in [0.2, 0.25) is 0 Å². The molecule has 0 radical (unpaired) electrons. The van der Waals surface area contributed by atoms with E-state index < -0.39 is 5.97 Å². The van der Waals surface area contributed by atoms with E-state index in [1.54, 1.807) is 0 Å². The lowest BCUT2D eigenvalue weighted by atomic mass is 10.2. The number of carbonyl (C=O) groups is 1. The zero-order valence-corrected chi connectivity index (χ0v) is 8.75. The van der Waals surface area contributed by atoms with Crippen LogP contribution in [0.25, 0.3) is 4.85 Å². The minimum atomic E-state index is -1.06. The normalized spacial score (nSPS) is 8.93. The molecule has 1 N–H and O–H groups in total. The molecule has 0 aromatic rings. The molecule has 0 amide bonds. The average molecular weight is 196 g/mol. The topological polar surface area (TPSA) is 41.7 Å². The van der Waals surface area contributed by atoms with Crippen molar-refractivity contribution in [3.8, 4) is 6.07 Å². The molecular formula is C11H18NO2+. The summed E-state index contributed by atoms with van der Waals surface area (Å²) in [5.74, 6) is -1.06. The maximum atomic E-state index is 10.3. The van der Waals surface area contributed by atoms with Crippen LogP contribution in [0, 0.1) is 6.07 Å². The Hall–Kier alpha value is -1.30. The second-order valence-corrected chi connectivity index (χ2v) is 3.19. The van der Waals surface area contributed by atoms with E-state index in [2.05, 4.69) is 24.4 Å². The van der Waals surface area contributed by atoms with Gasteiger partial charge in [0.25, 0.3) is 6.54 Å². The van der Waals surface area contributed by atoms with Gasteiger partial charge >= 0.3 is 12.0 Å². The molecule has 14 heavy (non-hydrogen) atoms. The molecular weight excluding hydrogens is 178 g/mol. The molecule has 0 aromatic heterocycles. The van der Waals surface area contributed by atoms with Crippen LogP contribution >= 0.6 is 0 Å². The molecule has 0 aliphatic rings. The third-order valence-corrected chi connectivity index (χ3v) is 1.85. The number of rotatable bonds is 6. The fraction of sp³-hybridized carbons (Fsp3) is 0.636. The van der Waals surface area contributed by atoms with Gasteiger partial charge in [-0.1, -0.05) is 37.6 Å². The predicted molar refractivity (Wildman–Crippen MR) is 57.6 cm³/mol. The Labute approximate surface area is 85.3 Å². The van der Waals surface area contributed by atoms with Gasteiger partial charge in [-0.25, -0.2) is 4.79 Å². The lowest BCUT2D eigenvalue weighted by Gasteiger charge is -1.90.